The largest absolute Gasteiger partial charge is 0.492 e. The molecular weight excluding hydrogens is 212 g/mol. The van der Waals surface area contributed by atoms with Crippen molar-refractivity contribution in [2.45, 2.75) is 6.42 Å². The summed E-state index contributed by atoms with van der Waals surface area (Å²) in [5.74, 6) is 0.972. The molecule has 1 heterocycles. The van der Waals surface area contributed by atoms with Gasteiger partial charge >= 0.3 is 0 Å². The zero-order valence-electron chi connectivity index (χ0n) is 10.6. The Morgan fingerprint density at radius 1 is 1.06 bits per heavy atom. The Labute approximate surface area is 104 Å². The summed E-state index contributed by atoms with van der Waals surface area (Å²) in [7, 11) is 2.20. The first kappa shape index (κ1) is 12.4. The van der Waals surface area contributed by atoms with E-state index in [1.54, 1.807) is 0 Å². The molecule has 1 aromatic carbocycles. The fraction of sp³-hybridized carbons (Fsp3) is 0.571. The van der Waals surface area contributed by atoms with E-state index < -0.39 is 0 Å². The number of likely N-dealkylation sites (N-methyl/N-ethyl adjacent to an activating group) is 1. The highest BCUT2D eigenvalue weighted by atomic mass is 16.5. The molecule has 0 bridgehead atoms. The molecule has 0 radical (unpaired) electrons. The fourth-order valence-corrected chi connectivity index (χ4v) is 2.13. The van der Waals surface area contributed by atoms with Crippen LogP contribution in [-0.2, 0) is 0 Å². The van der Waals surface area contributed by atoms with Gasteiger partial charge in [-0.05, 0) is 38.7 Å². The predicted molar refractivity (Wildman–Crippen MR) is 70.5 cm³/mol. The van der Waals surface area contributed by atoms with Gasteiger partial charge in [-0.15, -0.1) is 0 Å². The summed E-state index contributed by atoms with van der Waals surface area (Å²) in [6.45, 7) is 6.56. The third kappa shape index (κ3) is 4.36. The monoisotopic (exact) mass is 234 g/mol. The molecule has 2 rings (SSSR count). The topological polar surface area (TPSA) is 15.7 Å². The van der Waals surface area contributed by atoms with Gasteiger partial charge in [0.1, 0.15) is 12.4 Å². The summed E-state index contributed by atoms with van der Waals surface area (Å²) in [5, 5.41) is 0. The summed E-state index contributed by atoms with van der Waals surface area (Å²) in [6, 6.07) is 10.1. The summed E-state index contributed by atoms with van der Waals surface area (Å²) < 4.78 is 5.72. The number of rotatable bonds is 4. The lowest BCUT2D eigenvalue weighted by Crippen LogP contribution is -2.32. The van der Waals surface area contributed by atoms with Crippen molar-refractivity contribution in [3.63, 3.8) is 0 Å². The second-order valence-corrected chi connectivity index (χ2v) is 4.66. The second kappa shape index (κ2) is 6.62. The minimum Gasteiger partial charge on any atom is -0.492 e. The Hall–Kier alpha value is -1.06. The molecule has 0 aromatic heterocycles. The van der Waals surface area contributed by atoms with E-state index >= 15 is 0 Å². The van der Waals surface area contributed by atoms with Crippen molar-refractivity contribution >= 4 is 0 Å². The van der Waals surface area contributed by atoms with E-state index in [4.69, 9.17) is 4.74 Å². The molecule has 0 aliphatic carbocycles. The van der Waals surface area contributed by atoms with Crippen LogP contribution in [0.3, 0.4) is 0 Å². The maximum absolute atomic E-state index is 5.72. The number of hydrogen-bond donors (Lipinski definition) is 0. The van der Waals surface area contributed by atoms with Crippen LogP contribution in [0.2, 0.25) is 0 Å². The summed E-state index contributed by atoms with van der Waals surface area (Å²) in [6.07, 6.45) is 1.27. The quantitative estimate of drug-likeness (QED) is 0.788. The molecule has 3 nitrogen and oxygen atoms in total. The lowest BCUT2D eigenvalue weighted by molar-refractivity contribution is 0.213. The van der Waals surface area contributed by atoms with Crippen molar-refractivity contribution in [1.82, 2.24) is 9.80 Å². The highest BCUT2D eigenvalue weighted by Crippen LogP contribution is 2.08. The average Bonchev–Trinajstić information content (AvgIpc) is 2.56. The molecule has 0 saturated carbocycles. The Morgan fingerprint density at radius 3 is 2.71 bits per heavy atom. The first-order valence-electron chi connectivity index (χ1n) is 6.43. The zero-order valence-corrected chi connectivity index (χ0v) is 10.6. The lowest BCUT2D eigenvalue weighted by atomic mass is 10.3. The second-order valence-electron chi connectivity index (χ2n) is 4.66. The maximum Gasteiger partial charge on any atom is 0.119 e. The molecule has 0 atom stereocenters. The standard InChI is InChI=1S/C14H22N2O/c1-15-8-5-9-16(11-10-15)12-13-17-14-6-3-2-4-7-14/h2-4,6-7H,5,8-13H2,1H3. The van der Waals surface area contributed by atoms with Crippen molar-refractivity contribution in [1.29, 1.82) is 0 Å². The van der Waals surface area contributed by atoms with Gasteiger partial charge < -0.3 is 9.64 Å². The molecule has 0 unspecified atom stereocenters. The molecule has 1 saturated heterocycles. The van der Waals surface area contributed by atoms with Crippen molar-refractivity contribution < 1.29 is 4.74 Å². The van der Waals surface area contributed by atoms with Crippen molar-refractivity contribution in [3.05, 3.63) is 30.3 Å². The van der Waals surface area contributed by atoms with Gasteiger partial charge in [0.15, 0.2) is 0 Å². The highest BCUT2D eigenvalue weighted by molar-refractivity contribution is 5.20. The van der Waals surface area contributed by atoms with Crippen molar-refractivity contribution in [3.8, 4) is 5.75 Å². The number of ether oxygens (including phenoxy) is 1. The summed E-state index contributed by atoms with van der Waals surface area (Å²) >= 11 is 0. The predicted octanol–water partition coefficient (Wildman–Crippen LogP) is 1.70. The first-order chi connectivity index (χ1) is 8.34. The lowest BCUT2D eigenvalue weighted by Gasteiger charge is -2.20. The molecule has 1 fully saturated rings. The first-order valence-corrected chi connectivity index (χ1v) is 6.43. The third-order valence-corrected chi connectivity index (χ3v) is 3.23. The van der Waals surface area contributed by atoms with Crippen LogP contribution in [0.5, 0.6) is 5.75 Å². The molecule has 1 aliphatic heterocycles. The van der Waals surface area contributed by atoms with Gasteiger partial charge in [0.05, 0.1) is 0 Å². The van der Waals surface area contributed by atoms with E-state index in [0.717, 1.165) is 25.4 Å². The van der Waals surface area contributed by atoms with Crippen LogP contribution in [0.1, 0.15) is 6.42 Å². The van der Waals surface area contributed by atoms with Gasteiger partial charge in [0.2, 0.25) is 0 Å². The van der Waals surface area contributed by atoms with Gasteiger partial charge in [-0.25, -0.2) is 0 Å². The van der Waals surface area contributed by atoms with Gasteiger partial charge in [0, 0.05) is 19.6 Å². The summed E-state index contributed by atoms with van der Waals surface area (Å²) in [4.78, 5) is 4.89. The molecule has 3 heteroatoms. The van der Waals surface area contributed by atoms with E-state index in [2.05, 4.69) is 16.8 Å². The maximum atomic E-state index is 5.72. The van der Waals surface area contributed by atoms with E-state index in [1.807, 2.05) is 30.3 Å². The highest BCUT2D eigenvalue weighted by Gasteiger charge is 2.11. The van der Waals surface area contributed by atoms with Crippen LogP contribution >= 0.6 is 0 Å². The van der Waals surface area contributed by atoms with E-state index in [-0.39, 0.29) is 0 Å². The Balaban J connectivity index is 1.68. The SMILES string of the molecule is CN1CCCN(CCOc2ccccc2)CC1. The number of para-hydroxylation sites is 1. The zero-order chi connectivity index (χ0) is 11.9. The molecule has 94 valence electrons. The fourth-order valence-electron chi connectivity index (χ4n) is 2.13. The van der Waals surface area contributed by atoms with Crippen LogP contribution < -0.4 is 4.74 Å². The Kier molecular flexibility index (Phi) is 4.83. The van der Waals surface area contributed by atoms with Crippen molar-refractivity contribution in [2.24, 2.45) is 0 Å². The molecule has 0 spiro atoms. The minimum atomic E-state index is 0.785. The van der Waals surface area contributed by atoms with Crippen LogP contribution in [0, 0.1) is 0 Å². The van der Waals surface area contributed by atoms with Crippen LogP contribution in [-0.4, -0.2) is 56.2 Å². The van der Waals surface area contributed by atoms with Gasteiger partial charge in [-0.3, -0.25) is 4.90 Å². The summed E-state index contributed by atoms with van der Waals surface area (Å²) in [5.41, 5.74) is 0. The van der Waals surface area contributed by atoms with E-state index in [0.29, 0.717) is 0 Å². The molecular formula is C14H22N2O. The third-order valence-electron chi connectivity index (χ3n) is 3.23. The van der Waals surface area contributed by atoms with Crippen LogP contribution in [0.15, 0.2) is 30.3 Å². The van der Waals surface area contributed by atoms with Gasteiger partial charge in [-0.1, -0.05) is 18.2 Å². The van der Waals surface area contributed by atoms with Crippen molar-refractivity contribution in [2.75, 3.05) is 46.4 Å². The number of benzene rings is 1. The Morgan fingerprint density at radius 2 is 1.88 bits per heavy atom. The van der Waals surface area contributed by atoms with Crippen LogP contribution in [0.4, 0.5) is 0 Å². The Bertz CT molecular complexity index is 315. The van der Waals surface area contributed by atoms with E-state index in [9.17, 15) is 0 Å². The van der Waals surface area contributed by atoms with Gasteiger partial charge in [-0.2, -0.15) is 0 Å². The normalized spacial score (nSPS) is 18.9. The molecule has 1 aliphatic rings. The van der Waals surface area contributed by atoms with Gasteiger partial charge in [0.25, 0.3) is 0 Å². The number of nitrogens with zero attached hydrogens (tertiary/aromatic N) is 2. The smallest absolute Gasteiger partial charge is 0.119 e. The minimum absolute atomic E-state index is 0.785. The van der Waals surface area contributed by atoms with E-state index in [1.165, 1.54) is 26.1 Å². The average molecular weight is 234 g/mol. The molecule has 1 aromatic rings. The number of hydrogen-bond acceptors (Lipinski definition) is 3. The molecule has 17 heavy (non-hydrogen) atoms. The molecule has 0 amide bonds. The molecule has 0 N–H and O–H groups in total. The van der Waals surface area contributed by atoms with Crippen LogP contribution in [0.25, 0.3) is 0 Å².